The molecule has 1 amide bonds. The number of nitrogens with one attached hydrogen (secondary N) is 2. The van der Waals surface area contributed by atoms with Crippen molar-refractivity contribution in [3.63, 3.8) is 0 Å². The molecule has 5 aromatic rings. The number of rotatable bonds is 10. The fourth-order valence-corrected chi connectivity index (χ4v) is 8.38. The first-order valence-electron chi connectivity index (χ1n) is 17.8. The second kappa shape index (κ2) is 15.0. The molecule has 0 saturated heterocycles. The maximum atomic E-state index is 15.6. The molecule has 7 rings (SSSR count). The topological polar surface area (TPSA) is 144 Å². The molecule has 3 aromatic heterocycles. The Bertz CT molecular complexity index is 2720. The van der Waals surface area contributed by atoms with Crippen molar-refractivity contribution in [1.29, 1.82) is 0 Å². The van der Waals surface area contributed by atoms with Crippen molar-refractivity contribution < 1.29 is 57.8 Å². The maximum Gasteiger partial charge on any atom is 0.435 e. The number of carbonyl (C=O) groups is 1. The van der Waals surface area contributed by atoms with Gasteiger partial charge < -0.3 is 10.4 Å². The van der Waals surface area contributed by atoms with Gasteiger partial charge in [-0.15, -0.1) is 0 Å². The van der Waals surface area contributed by atoms with E-state index in [1.54, 1.807) is 0 Å². The summed E-state index contributed by atoms with van der Waals surface area (Å²) in [6.45, 7) is -0.442. The number of amides is 1. The van der Waals surface area contributed by atoms with E-state index in [-0.39, 0.29) is 62.7 Å². The molecule has 2 aliphatic rings. The fourth-order valence-electron chi connectivity index (χ4n) is 7.64. The third-order valence-corrected chi connectivity index (χ3v) is 11.2. The lowest BCUT2D eigenvalue weighted by Crippen LogP contribution is -2.36. The summed E-state index contributed by atoms with van der Waals surface area (Å²) in [5.41, 5.74) is -6.30. The lowest BCUT2D eigenvalue weighted by atomic mass is 9.73. The highest BCUT2D eigenvalue weighted by molar-refractivity contribution is 7.92. The minimum Gasteiger partial charge on any atom is -0.372 e. The monoisotopic (exact) mass is 887 g/mol. The molecular weight excluding hydrogens is 857 g/mol. The van der Waals surface area contributed by atoms with Gasteiger partial charge in [-0.2, -0.15) is 32.1 Å². The van der Waals surface area contributed by atoms with Gasteiger partial charge in [0.1, 0.15) is 29.6 Å². The Hall–Kier alpha value is -5.33. The van der Waals surface area contributed by atoms with Crippen molar-refractivity contribution in [2.45, 2.75) is 68.8 Å². The van der Waals surface area contributed by atoms with Crippen LogP contribution in [0.5, 0.6) is 0 Å². The number of sulfonamides is 1. The standard InChI is InChI=1S/C38H31ClF9N7O4S/c1-36(57,35(42)43)11-10-20-4-5-21(22-7-9-25(39)29-31(22)54(2)52-34(29)53-60(3,58)59)30(49-20)26(14-17-12-18(40)15-19(41)13-17)50-27(56)16-55-33-28(32(51-55)38(46,47)48)23-6-8-24(23)37(33,44)45/h4-5,7,9,12-13,15,23-24,26,35,57H,6,8,14,16H2,1-3H3,(H,50,56)(H,52,53)/t23-,24+,26-,36?/m0/s1. The number of hydrogen-bond acceptors (Lipinski definition) is 7. The Morgan fingerprint density at radius 2 is 1.73 bits per heavy atom. The lowest BCUT2D eigenvalue weighted by Gasteiger charge is -2.34. The van der Waals surface area contributed by atoms with Crippen LogP contribution >= 0.6 is 11.6 Å². The molecule has 4 atom stereocenters. The zero-order valence-electron chi connectivity index (χ0n) is 31.3. The number of anilines is 1. The summed E-state index contributed by atoms with van der Waals surface area (Å²) in [5, 5.41) is 20.4. The quantitative estimate of drug-likeness (QED) is 0.0993. The number of aliphatic hydroxyl groups is 1. The van der Waals surface area contributed by atoms with Crippen LogP contribution in [0.4, 0.5) is 45.3 Å². The van der Waals surface area contributed by atoms with E-state index < -0.39 is 99.5 Å². The van der Waals surface area contributed by atoms with Crippen molar-refractivity contribution in [3.05, 3.63) is 93.0 Å². The second-order valence-corrected chi connectivity index (χ2v) is 16.9. The average molecular weight is 888 g/mol. The number of halogens is 10. The molecule has 1 saturated carbocycles. The molecule has 2 aliphatic carbocycles. The lowest BCUT2D eigenvalue weighted by molar-refractivity contribution is -0.144. The number of hydrogen-bond donors (Lipinski definition) is 3. The summed E-state index contributed by atoms with van der Waals surface area (Å²) >= 11 is 6.53. The van der Waals surface area contributed by atoms with E-state index in [2.05, 4.69) is 31.1 Å². The molecule has 1 fully saturated rings. The Morgan fingerprint density at radius 3 is 2.33 bits per heavy atom. The van der Waals surface area contributed by atoms with Gasteiger partial charge in [0.2, 0.25) is 15.9 Å². The first kappa shape index (κ1) is 42.8. The highest BCUT2D eigenvalue weighted by atomic mass is 35.5. The molecule has 0 aliphatic heterocycles. The molecule has 0 spiro atoms. The zero-order chi connectivity index (χ0) is 43.9. The number of aromatic nitrogens is 5. The van der Waals surface area contributed by atoms with Crippen molar-refractivity contribution in [3.8, 4) is 23.0 Å². The smallest absolute Gasteiger partial charge is 0.372 e. The van der Waals surface area contributed by atoms with E-state index in [1.807, 2.05) is 5.92 Å². The zero-order valence-corrected chi connectivity index (χ0v) is 32.8. The minimum absolute atomic E-state index is 0.0227. The summed E-state index contributed by atoms with van der Waals surface area (Å²) in [7, 11) is -2.48. The normalized spacial score (nSPS) is 18.6. The highest BCUT2D eigenvalue weighted by Crippen LogP contribution is 2.64. The van der Waals surface area contributed by atoms with Gasteiger partial charge in [-0.3, -0.25) is 18.9 Å². The van der Waals surface area contributed by atoms with Crippen molar-refractivity contribution in [2.75, 3.05) is 11.0 Å². The van der Waals surface area contributed by atoms with Gasteiger partial charge in [-0.05, 0) is 73.9 Å². The molecular formula is C38H31ClF9N7O4S. The van der Waals surface area contributed by atoms with E-state index in [0.29, 0.717) is 10.7 Å². The first-order valence-corrected chi connectivity index (χ1v) is 20.1. The van der Waals surface area contributed by atoms with Crippen molar-refractivity contribution in [1.82, 2.24) is 29.9 Å². The molecule has 0 bridgehead atoms. The van der Waals surface area contributed by atoms with Gasteiger partial charge >= 0.3 is 6.18 Å². The molecule has 2 aromatic carbocycles. The predicted molar refractivity (Wildman–Crippen MR) is 198 cm³/mol. The summed E-state index contributed by atoms with van der Waals surface area (Å²) in [4.78, 5) is 18.5. The minimum atomic E-state index is -5.14. The Labute approximate surface area is 340 Å². The predicted octanol–water partition coefficient (Wildman–Crippen LogP) is 7.22. The van der Waals surface area contributed by atoms with Gasteiger partial charge in [0.25, 0.3) is 12.3 Å². The average Bonchev–Trinajstić information content (AvgIpc) is 3.67. The van der Waals surface area contributed by atoms with Gasteiger partial charge in [-0.25, -0.2) is 31.0 Å². The van der Waals surface area contributed by atoms with Crippen LogP contribution in [0.15, 0.2) is 42.5 Å². The molecule has 60 heavy (non-hydrogen) atoms. The van der Waals surface area contributed by atoms with E-state index in [4.69, 9.17) is 11.6 Å². The number of fused-ring (bicyclic) bond motifs is 4. The van der Waals surface area contributed by atoms with Gasteiger partial charge in [0.15, 0.2) is 17.1 Å². The largest absolute Gasteiger partial charge is 0.435 e. The Morgan fingerprint density at radius 1 is 1.07 bits per heavy atom. The van der Waals surface area contributed by atoms with Gasteiger partial charge in [0.05, 0.1) is 33.9 Å². The van der Waals surface area contributed by atoms with E-state index in [0.717, 1.165) is 25.3 Å². The fraction of sp³-hybridized carbons (Fsp3) is 0.368. The summed E-state index contributed by atoms with van der Waals surface area (Å²) in [6, 6.07) is 6.22. The van der Waals surface area contributed by atoms with Gasteiger partial charge in [-0.1, -0.05) is 23.6 Å². The molecule has 0 radical (unpaired) electrons. The van der Waals surface area contributed by atoms with E-state index in [9.17, 15) is 49.1 Å². The van der Waals surface area contributed by atoms with Crippen molar-refractivity contribution in [2.24, 2.45) is 13.0 Å². The second-order valence-electron chi connectivity index (χ2n) is 14.8. The summed E-state index contributed by atoms with van der Waals surface area (Å²) in [5.74, 6) is -5.45. The number of alkyl halides is 7. The number of nitrogens with zero attached hydrogens (tertiary/aromatic N) is 5. The summed E-state index contributed by atoms with van der Waals surface area (Å²) in [6.07, 6.45) is -8.12. The van der Waals surface area contributed by atoms with Crippen LogP contribution in [0.1, 0.15) is 65.6 Å². The molecule has 1 unspecified atom stereocenters. The molecule has 3 N–H and O–H groups in total. The third kappa shape index (κ3) is 7.99. The molecule has 22 heteroatoms. The number of benzene rings is 2. The van der Waals surface area contributed by atoms with E-state index >= 15 is 8.78 Å². The third-order valence-electron chi connectivity index (χ3n) is 10.3. The van der Waals surface area contributed by atoms with Crippen molar-refractivity contribution >= 4 is 44.3 Å². The van der Waals surface area contributed by atoms with Crippen LogP contribution in [-0.2, 0) is 46.9 Å². The maximum absolute atomic E-state index is 15.6. The van der Waals surface area contributed by atoms with Gasteiger partial charge in [0, 0.05) is 35.7 Å². The van der Waals surface area contributed by atoms with Crippen LogP contribution < -0.4 is 10.0 Å². The Kier molecular flexibility index (Phi) is 10.7. The van der Waals surface area contributed by atoms with Crippen LogP contribution in [0.2, 0.25) is 5.02 Å². The van der Waals surface area contributed by atoms with Crippen LogP contribution in [0.25, 0.3) is 22.0 Å². The SMILES string of the molecule is Cn1nc(NS(C)(=O)=O)c2c(Cl)ccc(-c3ccc(C#CC(C)(O)C(F)F)nc3[C@H](Cc3cc(F)cc(F)c3)NC(=O)Cn3nc(C(F)(F)F)c4c3C(F)(F)[C@@H]3CC[C@H]43)c21. The van der Waals surface area contributed by atoms with Crippen LogP contribution in [0, 0.1) is 29.4 Å². The van der Waals surface area contributed by atoms with Crippen LogP contribution in [-0.4, -0.2) is 62.3 Å². The summed E-state index contributed by atoms with van der Waals surface area (Å²) < 4.78 is 158. The molecule has 11 nitrogen and oxygen atoms in total. The number of pyridine rings is 1. The molecule has 3 heterocycles. The number of aryl methyl sites for hydroxylation is 1. The Balaban J connectivity index is 1.40. The van der Waals surface area contributed by atoms with Crippen LogP contribution in [0.3, 0.4) is 0 Å². The number of carbonyl (C=O) groups excluding carboxylic acids is 1. The van der Waals surface area contributed by atoms with E-state index in [1.165, 1.54) is 36.0 Å². The first-order chi connectivity index (χ1) is 27.9. The molecule has 318 valence electrons. The highest BCUT2D eigenvalue weighted by Gasteiger charge is 2.63.